The maximum Gasteiger partial charge on any atom is 0.353 e. The lowest BCUT2D eigenvalue weighted by molar-refractivity contribution is -0.163. The lowest BCUT2D eigenvalue weighted by Crippen LogP contribution is -2.63. The molecule has 0 aromatic carbocycles. The van der Waals surface area contributed by atoms with Crippen LogP contribution in [0.5, 0.6) is 0 Å². The van der Waals surface area contributed by atoms with Crippen molar-refractivity contribution >= 4 is 55.2 Å². The number of sulfonamides is 1. The number of carboxylic acid groups (broad SMARTS) is 1. The number of nitrogen functional groups attached to an aromatic ring is 1. The normalized spacial score (nSPS) is 29.9. The number of nitrogens with zero attached hydrogens (tertiary/aromatic N) is 3. The van der Waals surface area contributed by atoms with E-state index in [1.165, 1.54) is 29.0 Å². The molecule has 0 spiro atoms. The fourth-order valence-electron chi connectivity index (χ4n) is 4.79. The van der Waals surface area contributed by atoms with E-state index in [1.54, 1.807) is 0 Å². The van der Waals surface area contributed by atoms with Crippen LogP contribution in [0.4, 0.5) is 5.13 Å². The molecule has 3 aliphatic heterocycles. The average Bonchev–Trinajstić information content (AvgIpc) is 3.45. The molecule has 1 unspecified atom stereocenters. The Bertz CT molecular complexity index is 1200. The fourth-order valence-corrected chi connectivity index (χ4v) is 7.98. The van der Waals surface area contributed by atoms with Crippen LogP contribution in [0, 0.1) is 11.8 Å². The largest absolute Gasteiger partial charge is 0.477 e. The molecule has 1 aromatic rings. The number of carbonyl (C=O) groups excluding carboxylic acids is 1. The summed E-state index contributed by atoms with van der Waals surface area (Å²) in [6, 6.07) is -0.638. The van der Waals surface area contributed by atoms with E-state index in [9.17, 15) is 33.4 Å². The smallest absolute Gasteiger partial charge is 0.353 e. The van der Waals surface area contributed by atoms with E-state index >= 15 is 0 Å². The lowest BCUT2D eigenvalue weighted by Gasteiger charge is -2.46. The summed E-state index contributed by atoms with van der Waals surface area (Å²) in [6.45, 7) is 3.89. The highest BCUT2D eigenvalue weighted by Gasteiger charge is 2.60. The van der Waals surface area contributed by atoms with Crippen LogP contribution in [0.2, 0.25) is 0 Å². The number of thiazole rings is 1. The number of carboxylic acids is 1. The predicted molar refractivity (Wildman–Crippen MR) is 129 cm³/mol. The Morgan fingerprint density at radius 2 is 2.23 bits per heavy atom. The molecule has 1 aromatic heterocycles. The Morgan fingerprint density at radius 3 is 2.80 bits per heavy atom. The number of aliphatic hydroxyl groups excluding tert-OH is 1. The number of fused-ring (bicyclic) bond motifs is 1. The number of anilines is 1. The first-order valence-corrected chi connectivity index (χ1v) is 14.0. The number of oxime groups is 1. The second-order valence-electron chi connectivity index (χ2n) is 8.68. The first-order valence-electron chi connectivity index (χ1n) is 10.8. The number of rotatable bonds is 8. The molecule has 0 aliphatic carbocycles. The third-order valence-electron chi connectivity index (χ3n) is 6.39. The number of amides is 1. The monoisotopic (exact) mass is 546 g/mol. The molecule has 7 N–H and O–H groups in total. The number of aliphatic carboxylic acids is 1. The molecule has 4 heterocycles. The van der Waals surface area contributed by atoms with E-state index in [0.29, 0.717) is 17.9 Å². The molecular formula is C19H26N6O7S3. The van der Waals surface area contributed by atoms with Gasteiger partial charge >= 0.3 is 5.97 Å². The highest BCUT2D eigenvalue weighted by molar-refractivity contribution is 8.05. The van der Waals surface area contributed by atoms with Crippen molar-refractivity contribution in [3.8, 4) is 0 Å². The molecule has 1 amide bonds. The van der Waals surface area contributed by atoms with Gasteiger partial charge in [0.05, 0.1) is 18.1 Å². The van der Waals surface area contributed by atoms with E-state index in [2.05, 4.69) is 20.2 Å². The molecule has 3 aliphatic rings. The van der Waals surface area contributed by atoms with Crippen LogP contribution < -0.4 is 15.8 Å². The van der Waals surface area contributed by atoms with Gasteiger partial charge in [0, 0.05) is 40.6 Å². The number of aliphatic hydroxyl groups is 1. The summed E-state index contributed by atoms with van der Waals surface area (Å²) >= 11 is 2.38. The van der Waals surface area contributed by atoms with Crippen molar-refractivity contribution in [2.75, 3.05) is 18.8 Å². The summed E-state index contributed by atoms with van der Waals surface area (Å²) in [5.74, 6) is -2.44. The second kappa shape index (κ2) is 9.67. The van der Waals surface area contributed by atoms with Gasteiger partial charge in [-0.15, -0.1) is 23.1 Å². The number of hydrogen-bond acceptors (Lipinski definition) is 12. The molecule has 6 atom stereocenters. The van der Waals surface area contributed by atoms with Crippen molar-refractivity contribution in [2.24, 2.45) is 17.0 Å². The van der Waals surface area contributed by atoms with E-state index < -0.39 is 33.1 Å². The van der Waals surface area contributed by atoms with Crippen molar-refractivity contribution in [1.82, 2.24) is 19.9 Å². The van der Waals surface area contributed by atoms with Gasteiger partial charge in [0.25, 0.3) is 10.0 Å². The average molecular weight is 547 g/mol. The van der Waals surface area contributed by atoms with Gasteiger partial charge in [-0.3, -0.25) is 4.79 Å². The quantitative estimate of drug-likeness (QED) is 0.0797. The molecular weight excluding hydrogens is 520 g/mol. The molecule has 13 nitrogen and oxygen atoms in total. The lowest BCUT2D eigenvalue weighted by atomic mass is 9.79. The fraction of sp³-hybridized carbons (Fsp3) is 0.579. The summed E-state index contributed by atoms with van der Waals surface area (Å²) in [5, 5.41) is 35.9. The van der Waals surface area contributed by atoms with Crippen LogP contribution in [0.1, 0.15) is 26.0 Å². The number of nitrogens with two attached hydrogens (primary N) is 1. The SMILES string of the molecule is CC1C(S[C@@H]2CN[C@H](CNS(=O)(=O)/C(=N/O)c3csc(N)n3)C2)=C(C(=O)O)N2C(=O)[C@H]([C@@H](C)O)[C@@H]12. The number of nitrogens with one attached hydrogen (secondary N) is 2. The minimum absolute atomic E-state index is 0.00968. The molecule has 0 radical (unpaired) electrons. The number of β-lactam (4-membered cyclic amide) rings is 1. The molecule has 35 heavy (non-hydrogen) atoms. The standard InChI is InChI=1S/C19H26N6O7S3/c1-7-13-12(8(2)26)17(27)25(13)14(18(28)29)15(7)34-10-3-9(21-5-10)4-22-35(31,32)16(24-30)11-6-33-19(20)23-11/h6-10,12-13,21-22,26,30H,3-5H2,1-2H3,(H2,20,23)(H,28,29)/b24-16+/t7?,8-,9+,10+,12-,13-/m1/s1. The minimum Gasteiger partial charge on any atom is -0.477 e. The third-order valence-corrected chi connectivity index (χ3v) is 9.92. The van der Waals surface area contributed by atoms with Gasteiger partial charge in [0.1, 0.15) is 11.4 Å². The molecule has 0 bridgehead atoms. The first-order chi connectivity index (χ1) is 16.5. The van der Waals surface area contributed by atoms with Crippen LogP contribution >= 0.6 is 23.1 Å². The van der Waals surface area contributed by atoms with Crippen molar-refractivity contribution in [3.05, 3.63) is 21.7 Å². The van der Waals surface area contributed by atoms with E-state index in [1.807, 2.05) is 6.92 Å². The Morgan fingerprint density at radius 1 is 1.51 bits per heavy atom. The van der Waals surface area contributed by atoms with Crippen molar-refractivity contribution < 1.29 is 33.4 Å². The van der Waals surface area contributed by atoms with Crippen LogP contribution in [0.15, 0.2) is 21.1 Å². The van der Waals surface area contributed by atoms with E-state index in [4.69, 9.17) is 5.73 Å². The van der Waals surface area contributed by atoms with Gasteiger partial charge in [0.2, 0.25) is 11.0 Å². The number of thioether (sulfide) groups is 1. The maximum absolute atomic E-state index is 12.6. The van der Waals surface area contributed by atoms with Gasteiger partial charge in [-0.1, -0.05) is 12.1 Å². The summed E-state index contributed by atoms with van der Waals surface area (Å²) < 4.78 is 27.6. The highest BCUT2D eigenvalue weighted by atomic mass is 32.2. The number of aromatic nitrogens is 1. The summed E-state index contributed by atoms with van der Waals surface area (Å²) in [6.07, 6.45) is -0.339. The van der Waals surface area contributed by atoms with Gasteiger partial charge in [-0.25, -0.2) is 22.9 Å². The highest BCUT2D eigenvalue weighted by Crippen LogP contribution is 2.51. The maximum atomic E-state index is 12.6. The molecule has 2 saturated heterocycles. The van der Waals surface area contributed by atoms with Gasteiger partial charge in [-0.2, -0.15) is 0 Å². The molecule has 0 saturated carbocycles. The van der Waals surface area contributed by atoms with E-state index in [0.717, 1.165) is 11.3 Å². The van der Waals surface area contributed by atoms with Crippen molar-refractivity contribution in [2.45, 2.75) is 43.7 Å². The summed E-state index contributed by atoms with van der Waals surface area (Å²) in [4.78, 5) is 30.2. The van der Waals surface area contributed by atoms with Gasteiger partial charge in [-0.05, 0) is 13.3 Å². The molecule has 4 rings (SSSR count). The van der Waals surface area contributed by atoms with Gasteiger partial charge in [0.15, 0.2) is 5.13 Å². The zero-order valence-corrected chi connectivity index (χ0v) is 21.2. The van der Waals surface area contributed by atoms with Crippen LogP contribution in [0.3, 0.4) is 0 Å². The number of carbonyl (C=O) groups is 2. The number of hydrogen-bond donors (Lipinski definition) is 6. The van der Waals surface area contributed by atoms with E-state index in [-0.39, 0.29) is 52.2 Å². The Labute approximate surface area is 209 Å². The molecule has 16 heteroatoms. The van der Waals surface area contributed by atoms with Gasteiger partial charge < -0.3 is 31.4 Å². The zero-order chi connectivity index (χ0) is 25.7. The predicted octanol–water partition coefficient (Wildman–Crippen LogP) is -0.602. The van der Waals surface area contributed by atoms with Crippen molar-refractivity contribution in [3.63, 3.8) is 0 Å². The summed E-state index contributed by atoms with van der Waals surface area (Å²) in [7, 11) is -4.16. The second-order valence-corrected chi connectivity index (χ2v) is 12.6. The Kier molecular flexibility index (Phi) is 7.14. The summed E-state index contributed by atoms with van der Waals surface area (Å²) in [5.41, 5.74) is 5.43. The topological polar surface area (TPSA) is 208 Å². The first kappa shape index (κ1) is 25.8. The van der Waals surface area contributed by atoms with Crippen molar-refractivity contribution in [1.29, 1.82) is 0 Å². The Hall–Kier alpha value is -2.24. The minimum atomic E-state index is -4.16. The molecule has 2 fully saturated rings. The molecule has 192 valence electrons. The zero-order valence-electron chi connectivity index (χ0n) is 18.8. The third kappa shape index (κ3) is 4.65. The van der Waals surface area contributed by atoms with Crippen LogP contribution in [-0.4, -0.2) is 87.2 Å². The van der Waals surface area contributed by atoms with Crippen LogP contribution in [-0.2, 0) is 19.6 Å². The Balaban J connectivity index is 1.40. The van der Waals surface area contributed by atoms with Crippen LogP contribution in [0.25, 0.3) is 0 Å².